The summed E-state index contributed by atoms with van der Waals surface area (Å²) in [6.07, 6.45) is 1.01. The Labute approximate surface area is 157 Å². The van der Waals surface area contributed by atoms with Crippen LogP contribution in [0.1, 0.15) is 10.4 Å². The lowest BCUT2D eigenvalue weighted by Crippen LogP contribution is -2.31. The number of hydrazine groups is 1. The Balaban J connectivity index is 2.28. The molecule has 2 N–H and O–H groups in total. The van der Waals surface area contributed by atoms with E-state index in [0.29, 0.717) is 5.02 Å². The average Bonchev–Trinajstić information content (AvgIpc) is 2.66. The molecule has 1 aromatic heterocycles. The van der Waals surface area contributed by atoms with Crippen molar-refractivity contribution in [3.63, 3.8) is 0 Å². The predicted octanol–water partition coefficient (Wildman–Crippen LogP) is 1.65. The quantitative estimate of drug-likeness (QED) is 0.409. The summed E-state index contributed by atoms with van der Waals surface area (Å²) in [5.74, 6) is -1.10. The number of nitrogens with zero attached hydrogens (tertiary/aromatic N) is 6. The fraction of sp³-hybridized carbons (Fsp3) is 0.133. The van der Waals surface area contributed by atoms with Crippen LogP contribution in [0, 0.1) is 32.8 Å². The normalized spacial score (nSPS) is 9.59. The molecule has 0 aliphatic carbocycles. The molecule has 27 heavy (non-hydrogen) atoms. The zero-order valence-corrected chi connectivity index (χ0v) is 14.3. The van der Waals surface area contributed by atoms with E-state index in [4.69, 9.17) is 22.1 Å². The number of rotatable bonds is 7. The fourth-order valence-corrected chi connectivity index (χ4v) is 2.15. The first-order valence-electron chi connectivity index (χ1n) is 7.28. The molecule has 0 saturated carbocycles. The van der Waals surface area contributed by atoms with Crippen molar-refractivity contribution in [3.05, 3.63) is 51.3 Å². The fourth-order valence-electron chi connectivity index (χ4n) is 2.03. The first-order chi connectivity index (χ1) is 13.0. The third-order valence-corrected chi connectivity index (χ3v) is 3.46. The van der Waals surface area contributed by atoms with Gasteiger partial charge in [-0.15, -0.1) is 0 Å². The van der Waals surface area contributed by atoms with Crippen molar-refractivity contribution < 1.29 is 9.72 Å². The number of anilines is 2. The second-order valence-corrected chi connectivity index (χ2v) is 5.35. The number of halogens is 1. The van der Waals surface area contributed by atoms with E-state index in [1.54, 1.807) is 12.1 Å². The minimum absolute atomic E-state index is 0.221. The van der Waals surface area contributed by atoms with Crippen molar-refractivity contribution in [1.82, 2.24) is 15.4 Å². The van der Waals surface area contributed by atoms with E-state index >= 15 is 0 Å². The molecule has 11 nitrogen and oxygen atoms in total. The van der Waals surface area contributed by atoms with Crippen LogP contribution in [-0.4, -0.2) is 33.9 Å². The van der Waals surface area contributed by atoms with Gasteiger partial charge in [-0.1, -0.05) is 11.6 Å². The largest absolute Gasteiger partial charge is 0.355 e. The van der Waals surface area contributed by atoms with Crippen LogP contribution in [-0.2, 0) is 0 Å². The number of nitrogens with one attached hydrogen (secondary N) is 2. The molecular weight excluding hydrogens is 376 g/mol. The van der Waals surface area contributed by atoms with E-state index in [0.717, 1.165) is 11.2 Å². The summed E-state index contributed by atoms with van der Waals surface area (Å²) in [5, 5.41) is 29.6. The Morgan fingerprint density at radius 3 is 2.41 bits per heavy atom. The maximum absolute atomic E-state index is 12.1. The van der Waals surface area contributed by atoms with Gasteiger partial charge in [-0.25, -0.2) is 9.97 Å². The van der Waals surface area contributed by atoms with Crippen LogP contribution in [0.4, 0.5) is 17.3 Å². The van der Waals surface area contributed by atoms with Gasteiger partial charge in [0.2, 0.25) is 11.6 Å². The Bertz CT molecular complexity index is 920. The van der Waals surface area contributed by atoms with Gasteiger partial charge in [-0.3, -0.25) is 25.8 Å². The van der Waals surface area contributed by atoms with Crippen molar-refractivity contribution in [2.45, 2.75) is 0 Å². The summed E-state index contributed by atoms with van der Waals surface area (Å²) in [5.41, 5.74) is 4.33. The smallest absolute Gasteiger partial charge is 0.324 e. The summed E-state index contributed by atoms with van der Waals surface area (Å²) in [7, 11) is 0. The second kappa shape index (κ2) is 8.94. The third kappa shape index (κ3) is 4.78. The first kappa shape index (κ1) is 19.4. The number of carbonyl (C=O) groups is 1. The second-order valence-electron chi connectivity index (χ2n) is 4.91. The van der Waals surface area contributed by atoms with Gasteiger partial charge in [-0.2, -0.15) is 10.5 Å². The van der Waals surface area contributed by atoms with Crippen molar-refractivity contribution in [2.24, 2.45) is 0 Å². The van der Waals surface area contributed by atoms with E-state index in [9.17, 15) is 14.9 Å². The predicted molar refractivity (Wildman–Crippen MR) is 94.7 cm³/mol. The lowest BCUT2D eigenvalue weighted by atomic mass is 10.2. The molecule has 0 saturated heterocycles. The van der Waals surface area contributed by atoms with Crippen LogP contribution in [0.3, 0.4) is 0 Å². The van der Waals surface area contributed by atoms with Crippen molar-refractivity contribution in [1.29, 1.82) is 10.5 Å². The lowest BCUT2D eigenvalue weighted by molar-refractivity contribution is -0.383. The van der Waals surface area contributed by atoms with Gasteiger partial charge < -0.3 is 4.90 Å². The minimum atomic E-state index is -0.770. The molecule has 136 valence electrons. The Morgan fingerprint density at radius 1 is 1.22 bits per heavy atom. The molecule has 0 atom stereocenters. The molecule has 1 aromatic carbocycles. The van der Waals surface area contributed by atoms with Crippen LogP contribution in [0.15, 0.2) is 30.6 Å². The number of carbonyl (C=O) groups excluding carboxylic acids is 1. The molecule has 2 aromatic rings. The van der Waals surface area contributed by atoms with Crippen molar-refractivity contribution >= 4 is 34.8 Å². The van der Waals surface area contributed by atoms with Gasteiger partial charge in [0.1, 0.15) is 19.4 Å². The minimum Gasteiger partial charge on any atom is -0.324 e. The Morgan fingerprint density at radius 2 is 1.85 bits per heavy atom. The molecule has 0 bridgehead atoms. The zero-order chi connectivity index (χ0) is 19.8. The number of hydrogen-bond acceptors (Lipinski definition) is 9. The molecule has 0 unspecified atom stereocenters. The topological polar surface area (TPSA) is 161 Å². The Hall–Kier alpha value is -3.96. The van der Waals surface area contributed by atoms with Gasteiger partial charge in [0.25, 0.3) is 5.91 Å². The van der Waals surface area contributed by atoms with Gasteiger partial charge in [0.15, 0.2) is 0 Å². The number of hydrogen-bond donors (Lipinski definition) is 2. The van der Waals surface area contributed by atoms with E-state index in [-0.39, 0.29) is 30.3 Å². The zero-order valence-electron chi connectivity index (χ0n) is 13.6. The molecule has 0 radical (unpaired) electrons. The molecule has 2 rings (SSSR count). The van der Waals surface area contributed by atoms with Gasteiger partial charge >= 0.3 is 5.69 Å². The van der Waals surface area contributed by atoms with Crippen LogP contribution in [0.2, 0.25) is 5.02 Å². The molecule has 1 heterocycles. The highest BCUT2D eigenvalue weighted by Crippen LogP contribution is 2.31. The maximum Gasteiger partial charge on any atom is 0.355 e. The number of aromatic nitrogens is 2. The number of nitriles is 2. The highest BCUT2D eigenvalue weighted by atomic mass is 35.5. The van der Waals surface area contributed by atoms with Crippen LogP contribution < -0.4 is 15.8 Å². The van der Waals surface area contributed by atoms with Crippen molar-refractivity contribution in [2.75, 3.05) is 23.4 Å². The Kier molecular flexibility index (Phi) is 6.41. The van der Waals surface area contributed by atoms with E-state index in [1.165, 1.54) is 24.3 Å². The standard InChI is InChI=1S/C15H11ClN8O3/c16-11-3-1-10(2-4-11)15(25)22-21-13-12(24(26)27)14(20-9-19-13)23(7-5-17)8-6-18/h1-4,9H,7-8H2,(H,22,25)(H,19,20,21). The van der Waals surface area contributed by atoms with Gasteiger partial charge in [0.05, 0.1) is 17.1 Å². The monoisotopic (exact) mass is 386 g/mol. The molecule has 0 aliphatic rings. The number of nitro groups is 1. The molecule has 0 spiro atoms. The SMILES string of the molecule is N#CCN(CC#N)c1ncnc(NNC(=O)c2ccc(Cl)cc2)c1[N+](=O)[O-]. The third-order valence-electron chi connectivity index (χ3n) is 3.21. The van der Waals surface area contributed by atoms with E-state index < -0.39 is 16.5 Å². The van der Waals surface area contributed by atoms with Crippen LogP contribution in [0.5, 0.6) is 0 Å². The molecule has 1 amide bonds. The van der Waals surface area contributed by atoms with E-state index in [2.05, 4.69) is 20.8 Å². The maximum atomic E-state index is 12.1. The summed E-state index contributed by atoms with van der Waals surface area (Å²) in [4.78, 5) is 31.5. The lowest BCUT2D eigenvalue weighted by Gasteiger charge is -2.17. The summed E-state index contributed by atoms with van der Waals surface area (Å²) in [6, 6.07) is 9.59. The average molecular weight is 387 g/mol. The van der Waals surface area contributed by atoms with Crippen LogP contribution in [0.25, 0.3) is 0 Å². The summed E-state index contributed by atoms with van der Waals surface area (Å²) < 4.78 is 0. The molecule has 12 heteroatoms. The van der Waals surface area contributed by atoms with Crippen molar-refractivity contribution in [3.8, 4) is 12.1 Å². The number of amides is 1. The van der Waals surface area contributed by atoms with Crippen LogP contribution >= 0.6 is 11.6 Å². The molecule has 0 fully saturated rings. The summed E-state index contributed by atoms with van der Waals surface area (Å²) >= 11 is 5.75. The highest BCUT2D eigenvalue weighted by Gasteiger charge is 2.27. The molecule has 0 aliphatic heterocycles. The van der Waals surface area contributed by atoms with E-state index in [1.807, 2.05) is 0 Å². The van der Waals surface area contributed by atoms with Gasteiger partial charge in [-0.05, 0) is 24.3 Å². The highest BCUT2D eigenvalue weighted by molar-refractivity contribution is 6.30. The summed E-state index contributed by atoms with van der Waals surface area (Å²) in [6.45, 7) is -0.579. The van der Waals surface area contributed by atoms with Gasteiger partial charge in [0, 0.05) is 10.6 Å². The number of benzene rings is 1. The first-order valence-corrected chi connectivity index (χ1v) is 7.66. The molecular formula is C15H11ClN8O3.